The summed E-state index contributed by atoms with van der Waals surface area (Å²) >= 11 is 0. The van der Waals surface area contributed by atoms with Gasteiger partial charge in [0, 0.05) is 55.8 Å². The number of aromatic hydroxyl groups is 1. The number of aromatic amines is 1. The molecule has 0 aliphatic heterocycles. The third-order valence-electron chi connectivity index (χ3n) is 3.22. The largest absolute Gasteiger partial charge is 0.508 e. The van der Waals surface area contributed by atoms with Gasteiger partial charge in [-0.05, 0) is 24.3 Å². The maximum absolute atomic E-state index is 12.1. The van der Waals surface area contributed by atoms with Gasteiger partial charge in [0.15, 0.2) is 0 Å². The Morgan fingerprint density at radius 2 is 2.05 bits per heavy atom. The molecule has 1 aromatic carbocycles. The van der Waals surface area contributed by atoms with Gasteiger partial charge in [-0.15, -0.1) is 0 Å². The number of H-pyrrole nitrogens is 1. The molecule has 4 rings (SSSR count). The molecule has 22 heavy (non-hydrogen) atoms. The van der Waals surface area contributed by atoms with Crippen LogP contribution in [0.25, 0.3) is 33.6 Å². The summed E-state index contributed by atoms with van der Waals surface area (Å²) in [6, 6.07) is 10.1. The Bertz CT molecular complexity index is 1040. The first kappa shape index (κ1) is 15.2. The fourth-order valence-corrected chi connectivity index (χ4v) is 2.28. The molecule has 0 saturated carbocycles. The van der Waals surface area contributed by atoms with E-state index in [4.69, 9.17) is 4.42 Å². The zero-order valence-electron chi connectivity index (χ0n) is 11.3. The zero-order valence-corrected chi connectivity index (χ0v) is 16.0. The molecule has 0 unspecified atom stereocenters. The third kappa shape index (κ3) is 2.45. The maximum Gasteiger partial charge on any atom is 0.294 e. The predicted molar refractivity (Wildman–Crippen MR) is 77.0 cm³/mol. The molecule has 7 heteroatoms. The van der Waals surface area contributed by atoms with Crippen LogP contribution in [0.1, 0.15) is 0 Å². The van der Waals surface area contributed by atoms with Crippen molar-refractivity contribution < 1.29 is 53.6 Å². The Morgan fingerprint density at radius 3 is 2.86 bits per heavy atom. The molecule has 0 saturated heterocycles. The smallest absolute Gasteiger partial charge is 0.294 e. The summed E-state index contributed by atoms with van der Waals surface area (Å²) in [5.74, 6) is 0.476. The fourth-order valence-electron chi connectivity index (χ4n) is 2.28. The number of fused-ring (bicyclic) bond motifs is 3. The standard InChI is InChI=1S/C15H9N3O3.Ac/c19-9-4-1-3-8(7-9)13-17-11-10-5-2-6-16-15(10)21-12(11)14(20)18-13;/h1-7,19H,(H,17,18,20);. The number of rotatable bonds is 1. The number of phenols is 1. The van der Waals surface area contributed by atoms with Crippen LogP contribution in [0.15, 0.2) is 51.8 Å². The van der Waals surface area contributed by atoms with Crippen molar-refractivity contribution in [3.05, 3.63) is 52.9 Å². The summed E-state index contributed by atoms with van der Waals surface area (Å²) < 4.78 is 5.43. The molecule has 0 aliphatic carbocycles. The topological polar surface area (TPSA) is 92.0 Å². The monoisotopic (exact) mass is 506 g/mol. The molecule has 0 aliphatic rings. The maximum atomic E-state index is 12.1. The Morgan fingerprint density at radius 1 is 1.18 bits per heavy atom. The van der Waals surface area contributed by atoms with Crippen LogP contribution in [0.2, 0.25) is 0 Å². The molecule has 4 aromatic rings. The van der Waals surface area contributed by atoms with Crippen molar-refractivity contribution in [3.63, 3.8) is 0 Å². The number of pyridine rings is 1. The minimum atomic E-state index is -0.378. The summed E-state index contributed by atoms with van der Waals surface area (Å²) in [7, 11) is 0. The van der Waals surface area contributed by atoms with Crippen LogP contribution >= 0.6 is 0 Å². The van der Waals surface area contributed by atoms with Gasteiger partial charge in [-0.2, -0.15) is 0 Å². The average molecular weight is 506 g/mol. The van der Waals surface area contributed by atoms with E-state index in [1.807, 2.05) is 0 Å². The molecule has 0 spiro atoms. The third-order valence-corrected chi connectivity index (χ3v) is 3.22. The van der Waals surface area contributed by atoms with Gasteiger partial charge in [-0.3, -0.25) is 4.79 Å². The van der Waals surface area contributed by atoms with Gasteiger partial charge in [0.05, 0.1) is 5.39 Å². The number of benzene rings is 1. The number of aromatic nitrogens is 3. The normalized spacial score (nSPS) is 10.7. The van der Waals surface area contributed by atoms with Crippen LogP contribution in [0.5, 0.6) is 5.75 Å². The molecule has 2 N–H and O–H groups in total. The van der Waals surface area contributed by atoms with E-state index in [1.165, 1.54) is 6.07 Å². The van der Waals surface area contributed by atoms with Crippen molar-refractivity contribution in [2.75, 3.05) is 0 Å². The van der Waals surface area contributed by atoms with Crippen LogP contribution in [0.4, 0.5) is 0 Å². The van der Waals surface area contributed by atoms with Crippen LogP contribution < -0.4 is 5.56 Å². The summed E-state index contributed by atoms with van der Waals surface area (Å²) in [5, 5.41) is 10.2. The van der Waals surface area contributed by atoms with E-state index in [2.05, 4.69) is 15.0 Å². The number of nitrogens with zero attached hydrogens (tertiary/aromatic N) is 2. The van der Waals surface area contributed by atoms with Crippen LogP contribution in [0.3, 0.4) is 0 Å². The first-order valence-corrected chi connectivity index (χ1v) is 6.29. The summed E-state index contributed by atoms with van der Waals surface area (Å²) in [5.41, 5.74) is 1.22. The molecular formula is C15H9AcN3O3. The first-order valence-electron chi connectivity index (χ1n) is 6.29. The van der Waals surface area contributed by atoms with E-state index in [9.17, 15) is 9.90 Å². The summed E-state index contributed by atoms with van der Waals surface area (Å²) in [4.78, 5) is 23.3. The fraction of sp³-hybridized carbons (Fsp3) is 0. The minimum Gasteiger partial charge on any atom is -0.508 e. The Labute approximate surface area is 159 Å². The van der Waals surface area contributed by atoms with E-state index < -0.39 is 0 Å². The van der Waals surface area contributed by atoms with Gasteiger partial charge in [-0.25, -0.2) is 9.97 Å². The molecule has 1 radical (unpaired) electrons. The molecular weight excluding hydrogens is 497 g/mol. The first-order chi connectivity index (χ1) is 10.2. The molecule has 3 aromatic heterocycles. The number of phenolic OH excluding ortho intramolecular Hbond substituents is 1. The van der Waals surface area contributed by atoms with Crippen molar-refractivity contribution in [3.8, 4) is 17.1 Å². The second-order valence-corrected chi connectivity index (χ2v) is 4.60. The number of nitrogens with one attached hydrogen (secondary N) is 1. The van der Waals surface area contributed by atoms with Crippen molar-refractivity contribution in [2.24, 2.45) is 0 Å². The van der Waals surface area contributed by atoms with Gasteiger partial charge in [0.1, 0.15) is 17.1 Å². The van der Waals surface area contributed by atoms with Crippen LogP contribution in [-0.2, 0) is 0 Å². The molecule has 0 amide bonds. The molecule has 0 atom stereocenters. The molecule has 0 fully saturated rings. The van der Waals surface area contributed by atoms with E-state index in [0.717, 1.165) is 0 Å². The van der Waals surface area contributed by atoms with Gasteiger partial charge >= 0.3 is 0 Å². The second kappa shape index (κ2) is 5.82. The van der Waals surface area contributed by atoms with Gasteiger partial charge in [0.2, 0.25) is 11.3 Å². The second-order valence-electron chi connectivity index (χ2n) is 4.60. The van der Waals surface area contributed by atoms with Crippen molar-refractivity contribution >= 4 is 22.2 Å². The zero-order chi connectivity index (χ0) is 14.4. The Balaban J connectivity index is 0.00000144. The van der Waals surface area contributed by atoms with E-state index in [-0.39, 0.29) is 61.0 Å². The van der Waals surface area contributed by atoms with Gasteiger partial charge in [-0.1, -0.05) is 12.1 Å². The van der Waals surface area contributed by atoms with Crippen molar-refractivity contribution in [1.29, 1.82) is 0 Å². The van der Waals surface area contributed by atoms with Gasteiger partial charge in [0.25, 0.3) is 5.56 Å². The van der Waals surface area contributed by atoms with Crippen LogP contribution in [-0.4, -0.2) is 20.1 Å². The quantitative estimate of drug-likeness (QED) is 0.414. The SMILES string of the molecule is O=c1[nH]c(-c2cccc(O)c2)nc2c1oc1ncccc12.[Ac]. The molecule has 105 valence electrons. The molecule has 3 heterocycles. The average Bonchev–Trinajstić information content (AvgIpc) is 2.87. The van der Waals surface area contributed by atoms with E-state index in [1.54, 1.807) is 36.5 Å². The number of hydrogen-bond donors (Lipinski definition) is 2. The Hall–Kier alpha value is -1.71. The van der Waals surface area contributed by atoms with E-state index in [0.29, 0.717) is 28.0 Å². The number of furan rings is 1. The molecule has 6 nitrogen and oxygen atoms in total. The van der Waals surface area contributed by atoms with Crippen molar-refractivity contribution in [2.45, 2.75) is 0 Å². The van der Waals surface area contributed by atoms with Crippen LogP contribution in [0, 0.1) is 44.1 Å². The summed E-state index contributed by atoms with van der Waals surface area (Å²) in [6.07, 6.45) is 1.59. The van der Waals surface area contributed by atoms with Gasteiger partial charge < -0.3 is 14.5 Å². The predicted octanol–water partition coefficient (Wildman–Crippen LogP) is 2.44. The van der Waals surface area contributed by atoms with Crippen molar-refractivity contribution in [1.82, 2.24) is 15.0 Å². The number of hydrogen-bond acceptors (Lipinski definition) is 5. The molecule has 0 bridgehead atoms. The summed E-state index contributed by atoms with van der Waals surface area (Å²) in [6.45, 7) is 0. The Kier molecular flexibility index (Phi) is 4.02. The minimum absolute atomic E-state index is 0. The van der Waals surface area contributed by atoms with E-state index >= 15 is 0 Å².